The lowest BCUT2D eigenvalue weighted by atomic mass is 10.6. The number of hydrogen-bond acceptors (Lipinski definition) is 4. The average molecular weight is 206 g/mol. The van der Waals surface area contributed by atoms with E-state index in [0.29, 0.717) is 0 Å². The van der Waals surface area contributed by atoms with Gasteiger partial charge >= 0.3 is 5.82 Å². The normalized spacial score (nSPS) is 8.92. The number of nitrogens with zero attached hydrogens (tertiary/aromatic N) is 3. The lowest BCUT2D eigenvalue weighted by Gasteiger charge is -1.91. The van der Waals surface area contributed by atoms with Crippen molar-refractivity contribution < 1.29 is 4.92 Å². The summed E-state index contributed by atoms with van der Waals surface area (Å²) >= 11 is 0. The van der Waals surface area contributed by atoms with Gasteiger partial charge in [0.1, 0.15) is 12.4 Å². The van der Waals surface area contributed by atoms with Gasteiger partial charge in [-0.25, -0.2) is 0 Å². The number of rotatable bonds is 3. The molecule has 0 radical (unpaired) electrons. The number of hydrogen-bond donors (Lipinski definition) is 2. The lowest BCUT2D eigenvalue weighted by Crippen LogP contribution is -2.18. The second kappa shape index (κ2) is 4.41. The first-order valence-electron chi connectivity index (χ1n) is 3.10. The first-order chi connectivity index (χ1) is 5.59. The Morgan fingerprint density at radius 3 is 2.85 bits per heavy atom. The van der Waals surface area contributed by atoms with Crippen LogP contribution in [0.15, 0.2) is 12.3 Å². The van der Waals surface area contributed by atoms with Gasteiger partial charge in [0.25, 0.3) is 0 Å². The predicted molar refractivity (Wildman–Crippen MR) is 48.0 cm³/mol. The Morgan fingerprint density at radius 2 is 2.46 bits per heavy atom. The van der Waals surface area contributed by atoms with Crippen LogP contribution in [0, 0.1) is 15.5 Å². The van der Waals surface area contributed by atoms with Crippen LogP contribution in [0.2, 0.25) is 0 Å². The topological polar surface area (TPSA) is 111 Å². The molecular formula is C5H8ClN5O2. The summed E-state index contributed by atoms with van der Waals surface area (Å²) in [6.45, 7) is 0.0772. The maximum Gasteiger partial charge on any atom is 0.389 e. The first-order valence-corrected chi connectivity index (χ1v) is 3.10. The Morgan fingerprint density at radius 1 is 1.85 bits per heavy atom. The van der Waals surface area contributed by atoms with Gasteiger partial charge in [-0.05, 0) is 4.92 Å². The van der Waals surface area contributed by atoms with Crippen LogP contribution < -0.4 is 5.73 Å². The predicted octanol–water partition coefficient (Wildman–Crippen LogP) is 0.149. The molecule has 0 saturated heterocycles. The average Bonchev–Trinajstić information content (AvgIpc) is 2.34. The van der Waals surface area contributed by atoms with Crippen LogP contribution in [-0.2, 0) is 6.54 Å². The highest BCUT2D eigenvalue weighted by atomic mass is 35.5. The molecule has 0 amide bonds. The van der Waals surface area contributed by atoms with Gasteiger partial charge in [-0.1, -0.05) is 0 Å². The van der Waals surface area contributed by atoms with Gasteiger partial charge in [-0.15, -0.1) is 12.4 Å². The van der Waals surface area contributed by atoms with Crippen molar-refractivity contribution in [2.45, 2.75) is 6.54 Å². The van der Waals surface area contributed by atoms with Gasteiger partial charge in [0, 0.05) is 0 Å². The zero-order valence-corrected chi connectivity index (χ0v) is 7.32. The van der Waals surface area contributed by atoms with Crippen LogP contribution in [0.4, 0.5) is 5.82 Å². The standard InChI is InChI=1S/C5H7N5O2.ClH/c6-4(7)3-9-2-1-5(8-9)10(11)12;/h1-2H,3H2,(H3,6,7);1H. The molecule has 0 aliphatic carbocycles. The summed E-state index contributed by atoms with van der Waals surface area (Å²) in [5.41, 5.74) is 5.06. The van der Waals surface area contributed by atoms with E-state index >= 15 is 0 Å². The Balaban J connectivity index is 0.00000144. The Hall–Kier alpha value is -1.63. The fraction of sp³-hybridized carbons (Fsp3) is 0.200. The minimum absolute atomic E-state index is 0. The molecule has 13 heavy (non-hydrogen) atoms. The highest BCUT2D eigenvalue weighted by Gasteiger charge is 2.10. The highest BCUT2D eigenvalue weighted by molar-refractivity contribution is 5.85. The maximum absolute atomic E-state index is 10.1. The van der Waals surface area contributed by atoms with Crippen molar-refractivity contribution >= 4 is 24.1 Å². The van der Waals surface area contributed by atoms with E-state index in [1.807, 2.05) is 0 Å². The van der Waals surface area contributed by atoms with E-state index in [9.17, 15) is 10.1 Å². The largest absolute Gasteiger partial charge is 0.389 e. The minimum Gasteiger partial charge on any atom is -0.386 e. The smallest absolute Gasteiger partial charge is 0.386 e. The van der Waals surface area contributed by atoms with Gasteiger partial charge in [0.05, 0.1) is 17.4 Å². The molecule has 72 valence electrons. The van der Waals surface area contributed by atoms with E-state index < -0.39 is 4.92 Å². The second-order valence-corrected chi connectivity index (χ2v) is 2.15. The molecule has 0 aliphatic heterocycles. The number of amidine groups is 1. The summed E-state index contributed by atoms with van der Waals surface area (Å²) in [7, 11) is 0. The summed E-state index contributed by atoms with van der Waals surface area (Å²) in [6.07, 6.45) is 1.40. The van der Waals surface area contributed by atoms with Crippen molar-refractivity contribution in [2.24, 2.45) is 5.73 Å². The third kappa shape index (κ3) is 3.08. The Bertz CT molecular complexity index is 322. The quantitative estimate of drug-likeness (QED) is 0.317. The van der Waals surface area contributed by atoms with Gasteiger partial charge < -0.3 is 15.8 Å². The zero-order chi connectivity index (χ0) is 9.14. The molecule has 3 N–H and O–H groups in total. The van der Waals surface area contributed by atoms with Gasteiger partial charge in [0.15, 0.2) is 0 Å². The first kappa shape index (κ1) is 11.4. The molecule has 1 rings (SSSR count). The lowest BCUT2D eigenvalue weighted by molar-refractivity contribution is -0.389. The summed E-state index contributed by atoms with van der Waals surface area (Å²) in [4.78, 5) is 9.54. The number of halogens is 1. The molecule has 0 spiro atoms. The number of nitrogens with one attached hydrogen (secondary N) is 1. The van der Waals surface area contributed by atoms with Crippen LogP contribution in [0.5, 0.6) is 0 Å². The number of nitro groups is 1. The SMILES string of the molecule is Cl.N=C(N)Cn1ccc([N+](=O)[O-])n1. The molecule has 0 atom stereocenters. The second-order valence-electron chi connectivity index (χ2n) is 2.15. The van der Waals surface area contributed by atoms with Crippen molar-refractivity contribution in [3.8, 4) is 0 Å². The fourth-order valence-corrected chi connectivity index (χ4v) is 0.711. The monoisotopic (exact) mass is 205 g/mol. The van der Waals surface area contributed by atoms with Crippen molar-refractivity contribution in [3.05, 3.63) is 22.4 Å². The summed E-state index contributed by atoms with van der Waals surface area (Å²) in [5.74, 6) is -0.329. The van der Waals surface area contributed by atoms with Gasteiger partial charge in [-0.2, -0.15) is 4.68 Å². The molecular weight excluding hydrogens is 198 g/mol. The van der Waals surface area contributed by atoms with Crippen molar-refractivity contribution in [3.63, 3.8) is 0 Å². The van der Waals surface area contributed by atoms with Crippen molar-refractivity contribution in [2.75, 3.05) is 0 Å². The Kier molecular flexibility index (Phi) is 3.86. The molecule has 0 aromatic carbocycles. The van der Waals surface area contributed by atoms with E-state index in [4.69, 9.17) is 11.1 Å². The molecule has 0 bridgehead atoms. The van der Waals surface area contributed by atoms with Gasteiger partial charge in [0.2, 0.25) is 0 Å². The summed E-state index contributed by atoms with van der Waals surface area (Å²) < 4.78 is 1.24. The third-order valence-corrected chi connectivity index (χ3v) is 1.15. The van der Waals surface area contributed by atoms with Crippen molar-refractivity contribution in [1.82, 2.24) is 9.78 Å². The zero-order valence-electron chi connectivity index (χ0n) is 6.51. The van der Waals surface area contributed by atoms with E-state index in [1.165, 1.54) is 16.9 Å². The molecule has 1 aromatic heterocycles. The number of nitrogens with two attached hydrogens (primary N) is 1. The third-order valence-electron chi connectivity index (χ3n) is 1.15. The minimum atomic E-state index is -0.601. The molecule has 0 saturated carbocycles. The van der Waals surface area contributed by atoms with E-state index in [1.54, 1.807) is 0 Å². The molecule has 8 heteroatoms. The summed E-state index contributed by atoms with van der Waals surface area (Å²) in [5, 5.41) is 20.6. The van der Waals surface area contributed by atoms with Crippen LogP contribution in [0.3, 0.4) is 0 Å². The maximum atomic E-state index is 10.1. The van der Waals surface area contributed by atoms with E-state index in [-0.39, 0.29) is 30.6 Å². The highest BCUT2D eigenvalue weighted by Crippen LogP contribution is 2.04. The van der Waals surface area contributed by atoms with Gasteiger partial charge in [-0.3, -0.25) is 5.41 Å². The van der Waals surface area contributed by atoms with Crippen LogP contribution in [-0.4, -0.2) is 20.5 Å². The van der Waals surface area contributed by atoms with E-state index in [0.717, 1.165) is 0 Å². The van der Waals surface area contributed by atoms with Crippen LogP contribution in [0.1, 0.15) is 0 Å². The summed E-state index contributed by atoms with van der Waals surface area (Å²) in [6, 6.07) is 1.25. The van der Waals surface area contributed by atoms with Crippen LogP contribution >= 0.6 is 12.4 Å². The molecule has 0 aliphatic rings. The molecule has 0 unspecified atom stereocenters. The molecule has 1 aromatic rings. The number of aromatic nitrogens is 2. The van der Waals surface area contributed by atoms with Crippen molar-refractivity contribution in [1.29, 1.82) is 5.41 Å². The molecule has 1 heterocycles. The Labute approximate surface area is 79.6 Å². The molecule has 7 nitrogen and oxygen atoms in total. The van der Waals surface area contributed by atoms with E-state index in [2.05, 4.69) is 5.10 Å². The molecule has 0 fully saturated rings. The fourth-order valence-electron chi connectivity index (χ4n) is 0.711. The van der Waals surface area contributed by atoms with Crippen LogP contribution in [0.25, 0.3) is 0 Å².